The van der Waals surface area contributed by atoms with E-state index in [9.17, 15) is 4.79 Å². The molecule has 0 spiro atoms. The number of methoxy groups -OCH3 is 1. The van der Waals surface area contributed by atoms with Gasteiger partial charge in [-0.05, 0) is 44.7 Å². The van der Waals surface area contributed by atoms with Crippen molar-refractivity contribution < 1.29 is 9.53 Å². The van der Waals surface area contributed by atoms with Crippen LogP contribution in [0.25, 0.3) is 0 Å². The van der Waals surface area contributed by atoms with Gasteiger partial charge in [0.1, 0.15) is 0 Å². The average Bonchev–Trinajstić information content (AvgIpc) is 3.01. The minimum absolute atomic E-state index is 0.0245. The molecule has 2 aliphatic rings. The first-order chi connectivity index (χ1) is 6.29. The lowest BCUT2D eigenvalue weighted by Crippen LogP contribution is -2.44. The standard InChI is InChI=1S/C10H17NO2/c1-13-9(12)10(8-2-3-8)4-6-11-7-5-10/h8,11H,2-7H2,1H3. The van der Waals surface area contributed by atoms with Gasteiger partial charge >= 0.3 is 5.97 Å². The Balaban J connectivity index is 2.13. The van der Waals surface area contributed by atoms with E-state index in [0.29, 0.717) is 5.92 Å². The van der Waals surface area contributed by atoms with Crippen molar-refractivity contribution in [2.75, 3.05) is 20.2 Å². The fraction of sp³-hybridized carbons (Fsp3) is 0.900. The van der Waals surface area contributed by atoms with E-state index in [-0.39, 0.29) is 11.4 Å². The first-order valence-corrected chi connectivity index (χ1v) is 5.09. The number of hydrogen-bond donors (Lipinski definition) is 1. The van der Waals surface area contributed by atoms with Crippen LogP contribution in [0.2, 0.25) is 0 Å². The molecule has 1 N–H and O–H groups in total. The Morgan fingerprint density at radius 1 is 1.38 bits per heavy atom. The predicted octanol–water partition coefficient (Wildman–Crippen LogP) is 0.939. The molecule has 1 saturated carbocycles. The summed E-state index contributed by atoms with van der Waals surface area (Å²) in [6.45, 7) is 1.93. The first-order valence-electron chi connectivity index (χ1n) is 5.09. The van der Waals surface area contributed by atoms with Crippen LogP contribution in [0, 0.1) is 11.3 Å². The Kier molecular flexibility index (Phi) is 2.28. The topological polar surface area (TPSA) is 38.3 Å². The number of ether oxygens (including phenoxy) is 1. The minimum Gasteiger partial charge on any atom is -0.469 e. The summed E-state index contributed by atoms with van der Waals surface area (Å²) in [6.07, 6.45) is 4.36. The van der Waals surface area contributed by atoms with Crippen LogP contribution in [0.3, 0.4) is 0 Å². The Bertz CT molecular complexity index is 205. The highest BCUT2D eigenvalue weighted by atomic mass is 16.5. The quantitative estimate of drug-likeness (QED) is 0.647. The van der Waals surface area contributed by atoms with Gasteiger partial charge in [0, 0.05) is 0 Å². The maximum absolute atomic E-state index is 11.7. The van der Waals surface area contributed by atoms with Crippen molar-refractivity contribution in [3.63, 3.8) is 0 Å². The normalized spacial score (nSPS) is 26.8. The zero-order chi connectivity index (χ0) is 9.31. The van der Waals surface area contributed by atoms with Crippen molar-refractivity contribution in [1.29, 1.82) is 0 Å². The molecule has 1 heterocycles. The molecule has 13 heavy (non-hydrogen) atoms. The molecule has 2 rings (SSSR count). The summed E-state index contributed by atoms with van der Waals surface area (Å²) in [7, 11) is 1.51. The summed E-state index contributed by atoms with van der Waals surface area (Å²) in [5, 5.41) is 3.29. The number of hydrogen-bond acceptors (Lipinski definition) is 3. The van der Waals surface area contributed by atoms with E-state index >= 15 is 0 Å². The molecule has 0 aromatic heterocycles. The molecular weight excluding hydrogens is 166 g/mol. The van der Waals surface area contributed by atoms with Crippen molar-refractivity contribution in [2.24, 2.45) is 11.3 Å². The zero-order valence-corrected chi connectivity index (χ0v) is 8.14. The van der Waals surface area contributed by atoms with E-state index in [2.05, 4.69) is 5.32 Å². The van der Waals surface area contributed by atoms with Crippen molar-refractivity contribution >= 4 is 5.97 Å². The summed E-state index contributed by atoms with van der Waals surface area (Å²) in [5.74, 6) is 0.638. The van der Waals surface area contributed by atoms with Gasteiger partial charge in [0.2, 0.25) is 0 Å². The third-order valence-electron chi connectivity index (χ3n) is 3.45. The lowest BCUT2D eigenvalue weighted by atomic mass is 9.74. The number of carbonyl (C=O) groups is 1. The number of nitrogens with one attached hydrogen (secondary N) is 1. The molecule has 3 nitrogen and oxygen atoms in total. The van der Waals surface area contributed by atoms with Crippen LogP contribution in [0.15, 0.2) is 0 Å². The van der Waals surface area contributed by atoms with Crippen molar-refractivity contribution in [3.8, 4) is 0 Å². The largest absolute Gasteiger partial charge is 0.469 e. The van der Waals surface area contributed by atoms with Crippen LogP contribution in [-0.4, -0.2) is 26.2 Å². The lowest BCUT2D eigenvalue weighted by Gasteiger charge is -2.35. The van der Waals surface area contributed by atoms with Crippen LogP contribution in [-0.2, 0) is 9.53 Å². The summed E-state index contributed by atoms with van der Waals surface area (Å²) in [4.78, 5) is 11.7. The fourth-order valence-electron chi connectivity index (χ4n) is 2.49. The summed E-state index contributed by atoms with van der Waals surface area (Å²) >= 11 is 0. The van der Waals surface area contributed by atoms with Gasteiger partial charge in [-0.2, -0.15) is 0 Å². The molecule has 0 bridgehead atoms. The second kappa shape index (κ2) is 3.29. The fourth-order valence-corrected chi connectivity index (χ4v) is 2.49. The highest BCUT2D eigenvalue weighted by Gasteiger charge is 2.51. The molecule has 0 atom stereocenters. The number of rotatable bonds is 2. The van der Waals surface area contributed by atoms with Crippen LogP contribution < -0.4 is 5.32 Å². The van der Waals surface area contributed by atoms with E-state index in [4.69, 9.17) is 4.74 Å². The van der Waals surface area contributed by atoms with Gasteiger partial charge in [0.25, 0.3) is 0 Å². The third-order valence-corrected chi connectivity index (χ3v) is 3.45. The minimum atomic E-state index is -0.125. The van der Waals surface area contributed by atoms with Gasteiger partial charge in [0.05, 0.1) is 12.5 Å². The van der Waals surface area contributed by atoms with Gasteiger partial charge in [-0.3, -0.25) is 4.79 Å². The lowest BCUT2D eigenvalue weighted by molar-refractivity contribution is -0.156. The first kappa shape index (κ1) is 9.00. The maximum Gasteiger partial charge on any atom is 0.312 e. The van der Waals surface area contributed by atoms with Gasteiger partial charge in [-0.25, -0.2) is 0 Å². The summed E-state index contributed by atoms with van der Waals surface area (Å²) < 4.78 is 4.93. The van der Waals surface area contributed by atoms with E-state index in [1.54, 1.807) is 0 Å². The van der Waals surface area contributed by atoms with E-state index in [0.717, 1.165) is 25.9 Å². The Morgan fingerprint density at radius 3 is 2.46 bits per heavy atom. The van der Waals surface area contributed by atoms with Crippen LogP contribution in [0.1, 0.15) is 25.7 Å². The van der Waals surface area contributed by atoms with Gasteiger partial charge in [-0.15, -0.1) is 0 Å². The molecular formula is C10H17NO2. The van der Waals surface area contributed by atoms with Gasteiger partial charge in [0.15, 0.2) is 0 Å². The average molecular weight is 183 g/mol. The molecule has 0 aromatic rings. The second-order valence-corrected chi connectivity index (χ2v) is 4.17. The van der Waals surface area contributed by atoms with Gasteiger partial charge < -0.3 is 10.1 Å². The van der Waals surface area contributed by atoms with Gasteiger partial charge in [-0.1, -0.05) is 0 Å². The highest BCUT2D eigenvalue weighted by molar-refractivity contribution is 5.77. The predicted molar refractivity (Wildman–Crippen MR) is 49.3 cm³/mol. The molecule has 74 valence electrons. The molecule has 1 aliphatic carbocycles. The Labute approximate surface area is 78.8 Å². The number of carbonyl (C=O) groups excluding carboxylic acids is 1. The van der Waals surface area contributed by atoms with Crippen molar-refractivity contribution in [2.45, 2.75) is 25.7 Å². The molecule has 0 unspecified atom stereocenters. The second-order valence-electron chi connectivity index (χ2n) is 4.17. The SMILES string of the molecule is COC(=O)C1(C2CC2)CCNCC1. The summed E-state index contributed by atoms with van der Waals surface area (Å²) in [5.41, 5.74) is -0.125. The molecule has 2 fully saturated rings. The molecule has 3 heteroatoms. The highest BCUT2D eigenvalue weighted by Crippen LogP contribution is 2.51. The van der Waals surface area contributed by atoms with E-state index in [1.807, 2.05) is 0 Å². The number of piperidine rings is 1. The molecule has 0 radical (unpaired) electrons. The monoisotopic (exact) mass is 183 g/mol. The van der Waals surface area contributed by atoms with E-state index in [1.165, 1.54) is 20.0 Å². The number of esters is 1. The van der Waals surface area contributed by atoms with Crippen molar-refractivity contribution in [3.05, 3.63) is 0 Å². The van der Waals surface area contributed by atoms with Crippen LogP contribution >= 0.6 is 0 Å². The summed E-state index contributed by atoms with van der Waals surface area (Å²) in [6, 6.07) is 0. The van der Waals surface area contributed by atoms with Crippen LogP contribution in [0.5, 0.6) is 0 Å². The molecule has 1 aliphatic heterocycles. The Morgan fingerprint density at radius 2 is 2.00 bits per heavy atom. The van der Waals surface area contributed by atoms with E-state index < -0.39 is 0 Å². The maximum atomic E-state index is 11.7. The Hall–Kier alpha value is -0.570. The smallest absolute Gasteiger partial charge is 0.312 e. The molecule has 0 aromatic carbocycles. The molecule has 1 saturated heterocycles. The third kappa shape index (κ3) is 1.46. The zero-order valence-electron chi connectivity index (χ0n) is 8.14. The van der Waals surface area contributed by atoms with Crippen molar-refractivity contribution in [1.82, 2.24) is 5.32 Å². The molecule has 0 amide bonds. The van der Waals surface area contributed by atoms with Crippen LogP contribution in [0.4, 0.5) is 0 Å².